The average molecular weight is 477 g/mol. The fraction of sp³-hybridized carbons (Fsp3) is 0.450. The summed E-state index contributed by atoms with van der Waals surface area (Å²) in [5.74, 6) is -5.78. The predicted octanol–water partition coefficient (Wildman–Crippen LogP) is 2.62. The normalized spacial score (nSPS) is 23.9. The van der Waals surface area contributed by atoms with Gasteiger partial charge in [0.05, 0.1) is 31.8 Å². The van der Waals surface area contributed by atoms with Crippen LogP contribution >= 0.6 is 0 Å². The highest BCUT2D eigenvalue weighted by atomic mass is 19.4. The highest BCUT2D eigenvalue weighted by Gasteiger charge is 2.61. The molecule has 0 spiro atoms. The lowest BCUT2D eigenvalue weighted by molar-refractivity contribution is -0.261. The van der Waals surface area contributed by atoms with Crippen LogP contribution in [0.3, 0.4) is 0 Å². The molecule has 0 radical (unpaired) electrons. The number of aromatic nitrogens is 2. The molecule has 3 rings (SSSR count). The topological polar surface area (TPSA) is 114 Å². The van der Waals surface area contributed by atoms with Gasteiger partial charge < -0.3 is 25.0 Å². The Morgan fingerprint density at radius 1 is 1.33 bits per heavy atom. The van der Waals surface area contributed by atoms with Crippen molar-refractivity contribution in [2.24, 2.45) is 0 Å². The number of benzene rings is 1. The first-order valence-corrected chi connectivity index (χ1v) is 9.60. The standard InChI is InChI=1S/C20H20F5N3O5/c1-19(20(23,24)25)5-11(10-3-4-12(21)14(22)15(10)32-2)16(33-19)18(31)28-9-6-26-17(27-7-9)13(30)8-29/h3-4,6-7,11,13,16,29-30H,5,8H2,1-2H3,(H,28,31)/t11-,13-,16+,19+/m0/s1. The van der Waals surface area contributed by atoms with Gasteiger partial charge in [-0.2, -0.15) is 17.6 Å². The summed E-state index contributed by atoms with van der Waals surface area (Å²) in [6.07, 6.45) is -6.58. The van der Waals surface area contributed by atoms with Crippen molar-refractivity contribution >= 4 is 11.6 Å². The molecule has 2 aromatic rings. The number of nitrogens with zero attached hydrogens (tertiary/aromatic N) is 2. The number of aliphatic hydroxyl groups is 2. The molecule has 1 aliphatic rings. The van der Waals surface area contributed by atoms with E-state index in [0.717, 1.165) is 38.6 Å². The Bertz CT molecular complexity index is 1020. The van der Waals surface area contributed by atoms with Gasteiger partial charge in [-0.3, -0.25) is 4.79 Å². The number of nitrogens with one attached hydrogen (secondary N) is 1. The van der Waals surface area contributed by atoms with E-state index >= 15 is 0 Å². The van der Waals surface area contributed by atoms with E-state index in [9.17, 15) is 31.9 Å². The van der Waals surface area contributed by atoms with E-state index in [1.54, 1.807) is 0 Å². The lowest BCUT2D eigenvalue weighted by atomic mass is 9.85. The van der Waals surface area contributed by atoms with Crippen molar-refractivity contribution in [1.29, 1.82) is 0 Å². The van der Waals surface area contributed by atoms with Crippen molar-refractivity contribution in [2.75, 3.05) is 19.0 Å². The summed E-state index contributed by atoms with van der Waals surface area (Å²) in [5, 5.41) is 20.7. The van der Waals surface area contributed by atoms with Crippen LogP contribution in [0.4, 0.5) is 27.6 Å². The summed E-state index contributed by atoms with van der Waals surface area (Å²) in [7, 11) is 1.02. The third-order valence-corrected chi connectivity index (χ3v) is 5.31. The minimum Gasteiger partial charge on any atom is -0.493 e. The number of methoxy groups -OCH3 is 1. The van der Waals surface area contributed by atoms with Crippen molar-refractivity contribution in [3.8, 4) is 5.75 Å². The van der Waals surface area contributed by atoms with Gasteiger partial charge in [0.15, 0.2) is 23.0 Å². The monoisotopic (exact) mass is 477 g/mol. The van der Waals surface area contributed by atoms with Gasteiger partial charge in [-0.25, -0.2) is 14.4 Å². The summed E-state index contributed by atoms with van der Waals surface area (Å²) < 4.78 is 79.0. The van der Waals surface area contributed by atoms with E-state index in [0.29, 0.717) is 0 Å². The molecule has 1 saturated heterocycles. The number of amides is 1. The quantitative estimate of drug-likeness (QED) is 0.548. The fourth-order valence-electron chi connectivity index (χ4n) is 3.55. The van der Waals surface area contributed by atoms with Crippen LogP contribution in [0.15, 0.2) is 24.5 Å². The molecule has 1 aromatic heterocycles. The molecule has 8 nitrogen and oxygen atoms in total. The van der Waals surface area contributed by atoms with Crippen molar-refractivity contribution in [3.05, 3.63) is 47.5 Å². The van der Waals surface area contributed by atoms with E-state index in [1.165, 1.54) is 0 Å². The zero-order chi connectivity index (χ0) is 24.6. The van der Waals surface area contributed by atoms with Gasteiger partial charge in [-0.1, -0.05) is 6.07 Å². The minimum atomic E-state index is -4.86. The van der Waals surface area contributed by atoms with Crippen LogP contribution < -0.4 is 10.1 Å². The average Bonchev–Trinajstić information content (AvgIpc) is 3.14. The largest absolute Gasteiger partial charge is 0.493 e. The van der Waals surface area contributed by atoms with Crippen molar-refractivity contribution in [2.45, 2.75) is 43.2 Å². The molecule has 4 atom stereocenters. The van der Waals surface area contributed by atoms with Gasteiger partial charge in [0.2, 0.25) is 5.82 Å². The first-order valence-electron chi connectivity index (χ1n) is 9.60. The Hall–Kier alpha value is -2.90. The van der Waals surface area contributed by atoms with Crippen LogP contribution in [-0.4, -0.2) is 57.7 Å². The maximum atomic E-state index is 14.2. The second-order valence-corrected chi connectivity index (χ2v) is 7.58. The molecule has 2 heterocycles. The van der Waals surface area contributed by atoms with Crippen LogP contribution in [0.5, 0.6) is 5.75 Å². The lowest BCUT2D eigenvalue weighted by Crippen LogP contribution is -2.43. The molecule has 1 amide bonds. The van der Waals surface area contributed by atoms with Gasteiger partial charge in [0.1, 0.15) is 12.2 Å². The summed E-state index contributed by atoms with van der Waals surface area (Å²) in [4.78, 5) is 20.4. The van der Waals surface area contributed by atoms with E-state index in [4.69, 9.17) is 14.6 Å². The fourth-order valence-corrected chi connectivity index (χ4v) is 3.55. The van der Waals surface area contributed by atoms with Crippen molar-refractivity contribution in [1.82, 2.24) is 9.97 Å². The number of anilines is 1. The third kappa shape index (κ3) is 4.75. The highest BCUT2D eigenvalue weighted by molar-refractivity contribution is 5.95. The Balaban J connectivity index is 1.95. The van der Waals surface area contributed by atoms with Crippen LogP contribution in [0, 0.1) is 11.6 Å². The lowest BCUT2D eigenvalue weighted by Gasteiger charge is -2.27. The van der Waals surface area contributed by atoms with Gasteiger partial charge >= 0.3 is 6.18 Å². The molecule has 1 fully saturated rings. The minimum absolute atomic E-state index is 0.0332. The van der Waals surface area contributed by atoms with Gasteiger partial charge in [-0.15, -0.1) is 0 Å². The molecule has 0 aliphatic carbocycles. The molecule has 180 valence electrons. The Morgan fingerprint density at radius 3 is 2.52 bits per heavy atom. The SMILES string of the molecule is COc1c([C@@H]2C[C@](C)(C(F)(F)F)O[C@H]2C(=O)Nc2cnc([C@@H](O)CO)nc2)ccc(F)c1F. The second-order valence-electron chi connectivity index (χ2n) is 7.58. The highest BCUT2D eigenvalue weighted by Crippen LogP contribution is 2.51. The van der Waals surface area contributed by atoms with E-state index in [1.807, 2.05) is 0 Å². The number of halogens is 5. The van der Waals surface area contributed by atoms with E-state index in [2.05, 4.69) is 15.3 Å². The van der Waals surface area contributed by atoms with Crippen LogP contribution in [0.2, 0.25) is 0 Å². The number of aliphatic hydroxyl groups excluding tert-OH is 2. The van der Waals surface area contributed by atoms with Crippen LogP contribution in [0.1, 0.15) is 36.8 Å². The summed E-state index contributed by atoms with van der Waals surface area (Å²) in [6, 6.07) is 1.77. The van der Waals surface area contributed by atoms with Crippen molar-refractivity contribution in [3.63, 3.8) is 0 Å². The number of ether oxygens (including phenoxy) is 2. The molecular weight excluding hydrogens is 457 g/mol. The molecule has 1 aromatic carbocycles. The number of hydrogen-bond acceptors (Lipinski definition) is 7. The van der Waals surface area contributed by atoms with E-state index < -0.39 is 66.2 Å². The molecule has 13 heteroatoms. The summed E-state index contributed by atoms with van der Waals surface area (Å²) in [6.45, 7) is 0.114. The Kier molecular flexibility index (Phi) is 6.86. The maximum absolute atomic E-state index is 14.2. The zero-order valence-electron chi connectivity index (χ0n) is 17.4. The molecule has 33 heavy (non-hydrogen) atoms. The Morgan fingerprint density at radius 2 is 1.97 bits per heavy atom. The molecule has 0 unspecified atom stereocenters. The van der Waals surface area contributed by atoms with Gasteiger partial charge in [-0.05, 0) is 19.4 Å². The van der Waals surface area contributed by atoms with Crippen LogP contribution in [0.25, 0.3) is 0 Å². The predicted molar refractivity (Wildman–Crippen MR) is 102 cm³/mol. The number of carbonyl (C=O) groups excluding carboxylic acids is 1. The zero-order valence-corrected chi connectivity index (χ0v) is 17.4. The molecule has 0 bridgehead atoms. The first-order chi connectivity index (χ1) is 15.4. The summed E-state index contributed by atoms with van der Waals surface area (Å²) >= 11 is 0. The first kappa shape index (κ1) is 24.7. The van der Waals surface area contributed by atoms with Gasteiger partial charge in [0.25, 0.3) is 5.91 Å². The molecule has 3 N–H and O–H groups in total. The molecule has 0 saturated carbocycles. The van der Waals surface area contributed by atoms with Gasteiger partial charge in [0, 0.05) is 11.5 Å². The maximum Gasteiger partial charge on any atom is 0.417 e. The van der Waals surface area contributed by atoms with Crippen LogP contribution in [-0.2, 0) is 9.53 Å². The van der Waals surface area contributed by atoms with E-state index in [-0.39, 0.29) is 17.1 Å². The number of rotatable bonds is 6. The molecular formula is C20H20F5N3O5. The van der Waals surface area contributed by atoms with Crippen molar-refractivity contribution < 1.29 is 46.4 Å². The molecule has 1 aliphatic heterocycles. The number of carbonyl (C=O) groups is 1. The smallest absolute Gasteiger partial charge is 0.417 e. The summed E-state index contributed by atoms with van der Waals surface area (Å²) in [5.41, 5.74) is -2.95. The number of alkyl halides is 3. The Labute approximate surface area is 184 Å². The third-order valence-electron chi connectivity index (χ3n) is 5.31. The number of hydrogen-bond donors (Lipinski definition) is 3. The second kappa shape index (κ2) is 9.15.